The van der Waals surface area contributed by atoms with Gasteiger partial charge in [-0.15, -0.1) is 11.3 Å². The minimum atomic E-state index is 0.400. The van der Waals surface area contributed by atoms with Crippen LogP contribution in [0.15, 0.2) is 34.8 Å². The van der Waals surface area contributed by atoms with Crippen LogP contribution in [0, 0.1) is 5.92 Å². The first-order valence-electron chi connectivity index (χ1n) is 7.44. The Hall–Kier alpha value is -0.350. The number of aryl methyl sites for hydroxylation is 1. The maximum Gasteiger partial charge on any atom is 0.107 e. The van der Waals surface area contributed by atoms with E-state index in [-0.39, 0.29) is 0 Å². The Balaban J connectivity index is 1.85. The van der Waals surface area contributed by atoms with Crippen molar-refractivity contribution in [2.24, 2.45) is 5.92 Å². The lowest BCUT2D eigenvalue weighted by Crippen LogP contribution is -2.31. The van der Waals surface area contributed by atoms with Gasteiger partial charge in [0.15, 0.2) is 0 Å². The van der Waals surface area contributed by atoms with Gasteiger partial charge in [0.1, 0.15) is 4.34 Å². The molecule has 2 atom stereocenters. The lowest BCUT2D eigenvalue weighted by molar-refractivity contribution is 0.334. The Bertz CT molecular complexity index is 606. The predicted octanol–water partition coefficient (Wildman–Crippen LogP) is 5.62. The first kappa shape index (κ1) is 15.5. The average Bonchev–Trinajstić information content (AvgIpc) is 2.83. The van der Waals surface area contributed by atoms with Crippen LogP contribution >= 0.6 is 38.9 Å². The lowest BCUT2D eigenvalue weighted by Gasteiger charge is -2.31. The van der Waals surface area contributed by atoms with Gasteiger partial charge in [0.2, 0.25) is 0 Å². The molecule has 1 aromatic heterocycles. The quantitative estimate of drug-likeness (QED) is 0.721. The second-order valence-corrected chi connectivity index (χ2v) is 8.12. The van der Waals surface area contributed by atoms with E-state index in [4.69, 9.17) is 11.6 Å². The highest BCUT2D eigenvalue weighted by atomic mass is 79.9. The molecule has 1 heterocycles. The predicted molar refractivity (Wildman–Crippen MR) is 95.4 cm³/mol. The molecule has 0 amide bonds. The molecule has 0 fully saturated rings. The summed E-state index contributed by atoms with van der Waals surface area (Å²) in [4.78, 5) is 1.35. The number of hydrogen-bond acceptors (Lipinski definition) is 2. The first-order chi connectivity index (χ1) is 10.2. The summed E-state index contributed by atoms with van der Waals surface area (Å²) < 4.78 is 1.87. The number of halogens is 2. The maximum absolute atomic E-state index is 6.24. The van der Waals surface area contributed by atoms with Crippen molar-refractivity contribution in [2.45, 2.75) is 32.2 Å². The number of nitrogens with one attached hydrogen (secondary N) is 1. The molecule has 0 radical (unpaired) electrons. The van der Waals surface area contributed by atoms with Crippen LogP contribution in [0.3, 0.4) is 0 Å². The highest BCUT2D eigenvalue weighted by Gasteiger charge is 2.28. The summed E-state index contributed by atoms with van der Waals surface area (Å²) in [6.07, 6.45) is 3.58. The third kappa shape index (κ3) is 3.37. The standard InChI is InChI=1S/C17H19BrClNS/c1-2-20-16(15-10-14(18)17(19)21-15)13-8-7-11-5-3-4-6-12(11)9-13/h3-6,10,13,16,20H,2,7-9H2,1H3. The molecule has 1 aliphatic rings. The van der Waals surface area contributed by atoms with Crippen molar-refractivity contribution < 1.29 is 0 Å². The molecule has 3 rings (SSSR count). The number of benzene rings is 1. The number of hydrogen-bond donors (Lipinski definition) is 1. The van der Waals surface area contributed by atoms with Gasteiger partial charge in [0, 0.05) is 15.4 Å². The molecule has 2 unspecified atom stereocenters. The van der Waals surface area contributed by atoms with Crippen LogP contribution in [-0.2, 0) is 12.8 Å². The van der Waals surface area contributed by atoms with Crippen molar-refractivity contribution in [3.63, 3.8) is 0 Å². The average molecular weight is 385 g/mol. The van der Waals surface area contributed by atoms with Gasteiger partial charge in [-0.1, -0.05) is 42.8 Å². The Kier molecular flexibility index (Phi) is 5.05. The highest BCUT2D eigenvalue weighted by Crippen LogP contribution is 2.41. The van der Waals surface area contributed by atoms with E-state index in [2.05, 4.69) is 58.5 Å². The molecule has 1 aliphatic carbocycles. The molecule has 1 aromatic carbocycles. The van der Waals surface area contributed by atoms with Crippen molar-refractivity contribution in [3.05, 3.63) is 55.1 Å². The fourth-order valence-corrected chi connectivity index (χ4v) is 5.15. The molecule has 0 saturated carbocycles. The molecule has 2 aromatic rings. The van der Waals surface area contributed by atoms with Crippen LogP contribution < -0.4 is 5.32 Å². The molecule has 4 heteroatoms. The Labute approximate surface area is 143 Å². The van der Waals surface area contributed by atoms with Crippen molar-refractivity contribution in [2.75, 3.05) is 6.54 Å². The van der Waals surface area contributed by atoms with Crippen LogP contribution in [-0.4, -0.2) is 6.54 Å². The highest BCUT2D eigenvalue weighted by molar-refractivity contribution is 9.10. The van der Waals surface area contributed by atoms with Gasteiger partial charge in [-0.3, -0.25) is 0 Å². The molecule has 0 aliphatic heterocycles. The Morgan fingerprint density at radius 1 is 1.38 bits per heavy atom. The molecule has 0 bridgehead atoms. The fourth-order valence-electron chi connectivity index (χ4n) is 3.25. The molecular weight excluding hydrogens is 366 g/mol. The van der Waals surface area contributed by atoms with Gasteiger partial charge in [0.05, 0.1) is 0 Å². The largest absolute Gasteiger partial charge is 0.309 e. The zero-order valence-corrected chi connectivity index (χ0v) is 15.2. The molecule has 1 N–H and O–H groups in total. The first-order valence-corrected chi connectivity index (χ1v) is 9.42. The Morgan fingerprint density at radius 2 is 2.14 bits per heavy atom. The molecule has 0 saturated heterocycles. The monoisotopic (exact) mass is 383 g/mol. The van der Waals surface area contributed by atoms with Crippen molar-refractivity contribution >= 4 is 38.9 Å². The van der Waals surface area contributed by atoms with Crippen LogP contribution in [0.4, 0.5) is 0 Å². The van der Waals surface area contributed by atoms with E-state index < -0.39 is 0 Å². The van der Waals surface area contributed by atoms with Crippen LogP contribution in [0.2, 0.25) is 4.34 Å². The summed E-state index contributed by atoms with van der Waals surface area (Å²) in [5.74, 6) is 0.640. The summed E-state index contributed by atoms with van der Waals surface area (Å²) in [5, 5.41) is 3.67. The zero-order valence-electron chi connectivity index (χ0n) is 12.0. The minimum absolute atomic E-state index is 0.400. The third-order valence-electron chi connectivity index (χ3n) is 4.25. The lowest BCUT2D eigenvalue weighted by atomic mass is 9.79. The molecule has 1 nitrogen and oxygen atoms in total. The summed E-state index contributed by atoms with van der Waals surface area (Å²) in [6.45, 7) is 3.16. The van der Waals surface area contributed by atoms with Crippen LogP contribution in [0.1, 0.15) is 35.4 Å². The maximum atomic E-state index is 6.24. The molecular formula is C17H19BrClNS. The van der Waals surface area contributed by atoms with Gasteiger partial charge < -0.3 is 5.32 Å². The van der Waals surface area contributed by atoms with E-state index >= 15 is 0 Å². The van der Waals surface area contributed by atoms with E-state index in [1.54, 1.807) is 11.3 Å². The van der Waals surface area contributed by atoms with Crippen LogP contribution in [0.5, 0.6) is 0 Å². The minimum Gasteiger partial charge on any atom is -0.309 e. The number of rotatable bonds is 4. The SMILES string of the molecule is CCNC(c1cc(Br)c(Cl)s1)C1CCc2ccccc2C1. The van der Waals surface area contributed by atoms with Crippen molar-refractivity contribution in [3.8, 4) is 0 Å². The normalized spacial score (nSPS) is 19.3. The third-order valence-corrected chi connectivity index (χ3v) is 6.81. The molecule has 21 heavy (non-hydrogen) atoms. The number of fused-ring (bicyclic) bond motifs is 1. The van der Waals surface area contributed by atoms with E-state index in [0.717, 1.165) is 21.8 Å². The summed E-state index contributed by atoms with van der Waals surface area (Å²) >= 11 is 11.5. The Morgan fingerprint density at radius 3 is 2.81 bits per heavy atom. The summed E-state index contributed by atoms with van der Waals surface area (Å²) in [5.41, 5.74) is 3.03. The van der Waals surface area contributed by atoms with Gasteiger partial charge >= 0.3 is 0 Å². The van der Waals surface area contributed by atoms with Crippen molar-refractivity contribution in [1.82, 2.24) is 5.32 Å². The van der Waals surface area contributed by atoms with Gasteiger partial charge in [0.25, 0.3) is 0 Å². The van der Waals surface area contributed by atoms with Gasteiger partial charge in [-0.25, -0.2) is 0 Å². The second kappa shape index (κ2) is 6.82. The van der Waals surface area contributed by atoms with E-state index in [1.807, 2.05) is 0 Å². The van der Waals surface area contributed by atoms with Gasteiger partial charge in [-0.05, 0) is 64.8 Å². The zero-order chi connectivity index (χ0) is 14.8. The second-order valence-electron chi connectivity index (χ2n) is 5.58. The fraction of sp³-hybridized carbons (Fsp3) is 0.412. The van der Waals surface area contributed by atoms with E-state index in [9.17, 15) is 0 Å². The summed E-state index contributed by atoms with van der Waals surface area (Å²) in [7, 11) is 0. The van der Waals surface area contributed by atoms with Crippen LogP contribution in [0.25, 0.3) is 0 Å². The summed E-state index contributed by atoms with van der Waals surface area (Å²) in [6, 6.07) is 11.4. The molecule has 112 valence electrons. The number of thiophene rings is 1. The van der Waals surface area contributed by atoms with Gasteiger partial charge in [-0.2, -0.15) is 0 Å². The van der Waals surface area contributed by atoms with Crippen molar-refractivity contribution in [1.29, 1.82) is 0 Å². The topological polar surface area (TPSA) is 12.0 Å². The van der Waals surface area contributed by atoms with E-state index in [0.29, 0.717) is 12.0 Å². The smallest absolute Gasteiger partial charge is 0.107 e. The van der Waals surface area contributed by atoms with E-state index in [1.165, 1.54) is 28.8 Å². The molecule has 0 spiro atoms.